The predicted molar refractivity (Wildman–Crippen MR) is 78.0 cm³/mol. The van der Waals surface area contributed by atoms with Crippen LogP contribution < -0.4 is 10.5 Å². The van der Waals surface area contributed by atoms with Gasteiger partial charge in [-0.05, 0) is 41.8 Å². The van der Waals surface area contributed by atoms with E-state index in [9.17, 15) is 4.79 Å². The molecular formula is C16H17NO3. The summed E-state index contributed by atoms with van der Waals surface area (Å²) in [6, 6.07) is 12.3. The first-order valence-electron chi connectivity index (χ1n) is 6.43. The van der Waals surface area contributed by atoms with Gasteiger partial charge in [-0.1, -0.05) is 25.1 Å². The molecule has 0 aliphatic rings. The molecule has 4 nitrogen and oxygen atoms in total. The summed E-state index contributed by atoms with van der Waals surface area (Å²) in [5.74, 6) is -0.290. The molecule has 0 aliphatic carbocycles. The third kappa shape index (κ3) is 3.29. The van der Waals surface area contributed by atoms with Crippen LogP contribution in [-0.4, -0.2) is 11.1 Å². The van der Waals surface area contributed by atoms with Crippen LogP contribution in [0.3, 0.4) is 0 Å². The Bertz CT molecular complexity index is 606. The van der Waals surface area contributed by atoms with Gasteiger partial charge in [-0.3, -0.25) is 0 Å². The molecule has 0 saturated carbocycles. The molecule has 20 heavy (non-hydrogen) atoms. The third-order valence-corrected chi connectivity index (χ3v) is 3.08. The molecule has 0 saturated heterocycles. The summed E-state index contributed by atoms with van der Waals surface area (Å²) in [7, 11) is 0. The van der Waals surface area contributed by atoms with E-state index < -0.39 is 5.97 Å². The molecule has 0 heterocycles. The number of nitrogens with two attached hydrogens (primary N) is 1. The van der Waals surface area contributed by atoms with Crippen molar-refractivity contribution in [2.45, 2.75) is 20.0 Å². The van der Waals surface area contributed by atoms with Crippen LogP contribution in [0.1, 0.15) is 28.4 Å². The molecule has 0 amide bonds. The minimum Gasteiger partial charge on any atom is -0.487 e. The minimum atomic E-state index is -0.933. The normalized spacial score (nSPS) is 10.2. The molecule has 2 aromatic carbocycles. The first kappa shape index (κ1) is 13.9. The van der Waals surface area contributed by atoms with Crippen LogP contribution in [0.15, 0.2) is 42.5 Å². The smallest absolute Gasteiger partial charge is 0.335 e. The van der Waals surface area contributed by atoms with Crippen molar-refractivity contribution in [3.63, 3.8) is 0 Å². The number of ether oxygens (including phenoxy) is 1. The van der Waals surface area contributed by atoms with E-state index in [-0.39, 0.29) is 5.56 Å². The summed E-state index contributed by atoms with van der Waals surface area (Å²) < 4.78 is 5.65. The van der Waals surface area contributed by atoms with Gasteiger partial charge in [-0.25, -0.2) is 4.79 Å². The summed E-state index contributed by atoms with van der Waals surface area (Å²) >= 11 is 0. The minimum absolute atomic E-state index is 0.264. The van der Waals surface area contributed by atoms with Crippen molar-refractivity contribution in [1.29, 1.82) is 0 Å². The van der Waals surface area contributed by atoms with Crippen molar-refractivity contribution in [2.24, 2.45) is 0 Å². The number of aryl methyl sites for hydroxylation is 1. The van der Waals surface area contributed by atoms with E-state index in [1.54, 1.807) is 24.3 Å². The largest absolute Gasteiger partial charge is 0.487 e. The first-order valence-corrected chi connectivity index (χ1v) is 6.43. The lowest BCUT2D eigenvalue weighted by Crippen LogP contribution is -2.01. The zero-order valence-corrected chi connectivity index (χ0v) is 11.3. The Morgan fingerprint density at radius 3 is 2.35 bits per heavy atom. The van der Waals surface area contributed by atoms with Gasteiger partial charge in [0, 0.05) is 0 Å². The lowest BCUT2D eigenvalue weighted by Gasteiger charge is -2.10. The second kappa shape index (κ2) is 6.10. The van der Waals surface area contributed by atoms with Gasteiger partial charge >= 0.3 is 5.97 Å². The highest BCUT2D eigenvalue weighted by Crippen LogP contribution is 2.23. The quantitative estimate of drug-likeness (QED) is 0.819. The molecule has 104 valence electrons. The van der Waals surface area contributed by atoms with Crippen molar-refractivity contribution < 1.29 is 14.6 Å². The Morgan fingerprint density at radius 2 is 1.80 bits per heavy atom. The highest BCUT2D eigenvalue weighted by molar-refractivity contribution is 5.87. The van der Waals surface area contributed by atoms with Crippen LogP contribution in [0, 0.1) is 0 Å². The molecule has 0 aliphatic heterocycles. The second-order valence-electron chi connectivity index (χ2n) is 4.52. The molecule has 0 fully saturated rings. The maximum atomic E-state index is 10.7. The molecule has 0 spiro atoms. The summed E-state index contributed by atoms with van der Waals surface area (Å²) in [6.45, 7) is 2.43. The number of hydrogen-bond donors (Lipinski definition) is 2. The fourth-order valence-electron chi connectivity index (χ4n) is 1.85. The Balaban J connectivity index is 2.03. The van der Waals surface area contributed by atoms with Crippen LogP contribution in [-0.2, 0) is 13.0 Å². The zero-order valence-electron chi connectivity index (χ0n) is 11.3. The zero-order chi connectivity index (χ0) is 14.5. The van der Waals surface area contributed by atoms with Crippen molar-refractivity contribution in [3.05, 3.63) is 59.2 Å². The maximum Gasteiger partial charge on any atom is 0.335 e. The molecular weight excluding hydrogens is 254 g/mol. The number of hydrogen-bond acceptors (Lipinski definition) is 3. The topological polar surface area (TPSA) is 72.5 Å². The van der Waals surface area contributed by atoms with E-state index in [1.165, 1.54) is 5.56 Å². The highest BCUT2D eigenvalue weighted by Gasteiger charge is 2.04. The number of carboxylic acids is 1. The lowest BCUT2D eigenvalue weighted by atomic mass is 10.1. The van der Waals surface area contributed by atoms with Gasteiger partial charge in [0.2, 0.25) is 0 Å². The fraction of sp³-hybridized carbons (Fsp3) is 0.188. The average Bonchev–Trinajstić information content (AvgIpc) is 2.46. The van der Waals surface area contributed by atoms with Crippen LogP contribution in [0.5, 0.6) is 5.75 Å². The SMILES string of the molecule is CCc1ccc(OCc2ccc(C(=O)O)cc2)c(N)c1. The van der Waals surface area contributed by atoms with E-state index in [0.29, 0.717) is 18.0 Å². The standard InChI is InChI=1S/C16H17NO3/c1-2-11-5-8-15(14(17)9-11)20-10-12-3-6-13(7-4-12)16(18)19/h3-9H,2,10,17H2,1H3,(H,18,19). The third-order valence-electron chi connectivity index (χ3n) is 3.08. The monoisotopic (exact) mass is 271 g/mol. The Hall–Kier alpha value is -2.49. The number of aromatic carboxylic acids is 1. The average molecular weight is 271 g/mol. The van der Waals surface area contributed by atoms with Gasteiger partial charge in [0.15, 0.2) is 0 Å². The molecule has 2 aromatic rings. The molecule has 0 bridgehead atoms. The van der Waals surface area contributed by atoms with Gasteiger partial charge in [0.05, 0.1) is 11.3 Å². The number of nitrogen functional groups attached to an aromatic ring is 1. The predicted octanol–water partition coefficient (Wildman–Crippen LogP) is 3.11. The van der Waals surface area contributed by atoms with Crippen LogP contribution in [0.2, 0.25) is 0 Å². The van der Waals surface area contributed by atoms with Crippen LogP contribution in [0.25, 0.3) is 0 Å². The Labute approximate surface area is 117 Å². The first-order chi connectivity index (χ1) is 9.60. The molecule has 0 atom stereocenters. The van der Waals surface area contributed by atoms with Gasteiger partial charge in [-0.15, -0.1) is 0 Å². The highest BCUT2D eigenvalue weighted by atomic mass is 16.5. The summed E-state index contributed by atoms with van der Waals surface area (Å²) in [5, 5.41) is 8.82. The van der Waals surface area contributed by atoms with E-state index in [4.69, 9.17) is 15.6 Å². The van der Waals surface area contributed by atoms with Crippen molar-refractivity contribution in [3.8, 4) is 5.75 Å². The molecule has 4 heteroatoms. The van der Waals surface area contributed by atoms with Crippen molar-refractivity contribution in [2.75, 3.05) is 5.73 Å². The number of rotatable bonds is 5. The number of carbonyl (C=O) groups is 1. The van der Waals surface area contributed by atoms with Gasteiger partial charge in [0.25, 0.3) is 0 Å². The molecule has 2 rings (SSSR count). The lowest BCUT2D eigenvalue weighted by molar-refractivity contribution is 0.0697. The Morgan fingerprint density at radius 1 is 1.15 bits per heavy atom. The van der Waals surface area contributed by atoms with Crippen LogP contribution in [0.4, 0.5) is 5.69 Å². The summed E-state index contributed by atoms with van der Waals surface area (Å²) in [6.07, 6.45) is 0.932. The van der Waals surface area contributed by atoms with Gasteiger partial charge in [-0.2, -0.15) is 0 Å². The maximum absolute atomic E-state index is 10.7. The molecule has 0 aromatic heterocycles. The van der Waals surface area contributed by atoms with Gasteiger partial charge in [0.1, 0.15) is 12.4 Å². The molecule has 3 N–H and O–H groups in total. The van der Waals surface area contributed by atoms with Crippen LogP contribution >= 0.6 is 0 Å². The van der Waals surface area contributed by atoms with E-state index in [0.717, 1.165) is 12.0 Å². The van der Waals surface area contributed by atoms with E-state index >= 15 is 0 Å². The van der Waals surface area contributed by atoms with E-state index in [1.807, 2.05) is 18.2 Å². The van der Waals surface area contributed by atoms with Gasteiger partial charge < -0.3 is 15.6 Å². The van der Waals surface area contributed by atoms with Crippen molar-refractivity contribution >= 4 is 11.7 Å². The second-order valence-corrected chi connectivity index (χ2v) is 4.52. The number of benzene rings is 2. The molecule has 0 radical (unpaired) electrons. The fourth-order valence-corrected chi connectivity index (χ4v) is 1.85. The molecule has 0 unspecified atom stereocenters. The Kier molecular flexibility index (Phi) is 4.25. The number of anilines is 1. The summed E-state index contributed by atoms with van der Waals surface area (Å²) in [5.41, 5.74) is 8.87. The van der Waals surface area contributed by atoms with Crippen molar-refractivity contribution in [1.82, 2.24) is 0 Å². The van der Waals surface area contributed by atoms with E-state index in [2.05, 4.69) is 6.92 Å². The number of carboxylic acid groups (broad SMARTS) is 1. The summed E-state index contributed by atoms with van der Waals surface area (Å²) in [4.78, 5) is 10.7.